The maximum Gasteiger partial charge on any atom is 0.255 e. The number of rotatable bonds is 6. The number of amides is 1. The molecule has 1 aromatic carbocycles. The molecule has 6 nitrogen and oxygen atoms in total. The van der Waals surface area contributed by atoms with Gasteiger partial charge >= 0.3 is 0 Å². The first-order chi connectivity index (χ1) is 11.8. The quantitative estimate of drug-likeness (QED) is 0.853. The maximum absolute atomic E-state index is 12.5. The number of aromatic nitrogens is 1. The number of benzene rings is 1. The molecule has 0 saturated carbocycles. The van der Waals surface area contributed by atoms with Crippen LogP contribution in [0.1, 0.15) is 23.2 Å². The molecular formula is C18H21N3O3. The van der Waals surface area contributed by atoms with E-state index in [-0.39, 0.29) is 12.0 Å². The van der Waals surface area contributed by atoms with Gasteiger partial charge in [0.15, 0.2) is 0 Å². The van der Waals surface area contributed by atoms with Gasteiger partial charge in [-0.1, -0.05) is 12.1 Å². The van der Waals surface area contributed by atoms with Crippen molar-refractivity contribution in [1.29, 1.82) is 0 Å². The van der Waals surface area contributed by atoms with E-state index in [2.05, 4.69) is 15.6 Å². The Hall–Kier alpha value is -2.60. The Bertz CT molecular complexity index is 699. The van der Waals surface area contributed by atoms with Gasteiger partial charge in [-0.25, -0.2) is 4.98 Å². The van der Waals surface area contributed by atoms with Crippen LogP contribution in [0.4, 0.5) is 11.5 Å². The van der Waals surface area contributed by atoms with Gasteiger partial charge in [0, 0.05) is 19.3 Å². The number of pyridine rings is 1. The first-order valence-corrected chi connectivity index (χ1v) is 8.03. The van der Waals surface area contributed by atoms with Gasteiger partial charge in [0.05, 0.1) is 24.5 Å². The molecule has 1 saturated heterocycles. The van der Waals surface area contributed by atoms with Crippen molar-refractivity contribution < 1.29 is 14.3 Å². The predicted octanol–water partition coefficient (Wildman–Crippen LogP) is 2.74. The van der Waals surface area contributed by atoms with Crippen LogP contribution in [0.15, 0.2) is 42.6 Å². The monoisotopic (exact) mass is 327 g/mol. The van der Waals surface area contributed by atoms with Crippen LogP contribution < -0.4 is 15.4 Å². The Kier molecular flexibility index (Phi) is 5.28. The molecule has 6 heteroatoms. The van der Waals surface area contributed by atoms with Crippen molar-refractivity contribution in [3.8, 4) is 5.75 Å². The molecule has 1 aliphatic heterocycles. The lowest BCUT2D eigenvalue weighted by atomic mass is 10.2. The minimum absolute atomic E-state index is 0.108. The molecule has 2 aromatic rings. The van der Waals surface area contributed by atoms with Crippen LogP contribution >= 0.6 is 0 Å². The number of nitrogens with one attached hydrogen (secondary N) is 2. The Labute approximate surface area is 141 Å². The predicted molar refractivity (Wildman–Crippen MR) is 91.8 cm³/mol. The molecule has 126 valence electrons. The van der Waals surface area contributed by atoms with Crippen LogP contribution in [0.3, 0.4) is 0 Å². The van der Waals surface area contributed by atoms with Crippen molar-refractivity contribution in [3.05, 3.63) is 48.2 Å². The number of methoxy groups -OCH3 is 1. The van der Waals surface area contributed by atoms with Crippen molar-refractivity contribution in [1.82, 2.24) is 10.3 Å². The van der Waals surface area contributed by atoms with Gasteiger partial charge in [-0.3, -0.25) is 4.79 Å². The molecule has 24 heavy (non-hydrogen) atoms. The first kappa shape index (κ1) is 16.3. The second kappa shape index (κ2) is 7.79. The molecular weight excluding hydrogens is 306 g/mol. The Morgan fingerprint density at radius 1 is 1.33 bits per heavy atom. The highest BCUT2D eigenvalue weighted by atomic mass is 16.5. The fourth-order valence-corrected chi connectivity index (χ4v) is 2.67. The molecule has 3 rings (SSSR count). The van der Waals surface area contributed by atoms with Crippen molar-refractivity contribution in [2.24, 2.45) is 0 Å². The van der Waals surface area contributed by atoms with Crippen molar-refractivity contribution in [2.75, 3.05) is 25.6 Å². The lowest BCUT2D eigenvalue weighted by molar-refractivity contribution is 0.0858. The third kappa shape index (κ3) is 3.83. The first-order valence-electron chi connectivity index (χ1n) is 8.03. The fourth-order valence-electron chi connectivity index (χ4n) is 2.67. The number of para-hydroxylation sites is 2. The number of hydrogen-bond acceptors (Lipinski definition) is 5. The van der Waals surface area contributed by atoms with Crippen LogP contribution in [0.25, 0.3) is 0 Å². The van der Waals surface area contributed by atoms with Gasteiger partial charge in [0.1, 0.15) is 11.6 Å². The molecule has 0 spiro atoms. The molecule has 0 bridgehead atoms. The zero-order valence-corrected chi connectivity index (χ0v) is 13.6. The van der Waals surface area contributed by atoms with Crippen molar-refractivity contribution in [3.63, 3.8) is 0 Å². The molecule has 2 heterocycles. The molecule has 1 unspecified atom stereocenters. The molecule has 1 aliphatic rings. The van der Waals surface area contributed by atoms with Gasteiger partial charge in [0.25, 0.3) is 5.91 Å². The lowest BCUT2D eigenvalue weighted by Crippen LogP contribution is -2.32. The molecule has 2 N–H and O–H groups in total. The SMILES string of the molecule is COc1ccccc1Nc1ncccc1C(=O)NCC1CCCO1. The molecule has 1 fully saturated rings. The zero-order chi connectivity index (χ0) is 16.8. The minimum atomic E-state index is -0.170. The van der Waals surface area contributed by atoms with E-state index in [0.717, 1.165) is 25.1 Å². The molecule has 1 atom stereocenters. The summed E-state index contributed by atoms with van der Waals surface area (Å²) in [6.45, 7) is 1.29. The van der Waals surface area contributed by atoms with Gasteiger partial charge in [-0.05, 0) is 37.1 Å². The number of carbonyl (C=O) groups is 1. The van der Waals surface area contributed by atoms with E-state index >= 15 is 0 Å². The van der Waals surface area contributed by atoms with Crippen molar-refractivity contribution in [2.45, 2.75) is 18.9 Å². The zero-order valence-electron chi connectivity index (χ0n) is 13.6. The van der Waals surface area contributed by atoms with Gasteiger partial charge < -0.3 is 20.1 Å². The highest BCUT2D eigenvalue weighted by Crippen LogP contribution is 2.27. The fraction of sp³-hybridized carbons (Fsp3) is 0.333. The van der Waals surface area contributed by atoms with Gasteiger partial charge in [-0.2, -0.15) is 0 Å². The number of hydrogen-bond donors (Lipinski definition) is 2. The summed E-state index contributed by atoms with van der Waals surface area (Å²) < 4.78 is 10.9. The third-order valence-corrected chi connectivity index (χ3v) is 3.93. The number of nitrogens with zero attached hydrogens (tertiary/aromatic N) is 1. The number of carbonyl (C=O) groups excluding carboxylic acids is 1. The second-order valence-corrected chi connectivity index (χ2v) is 5.57. The Balaban J connectivity index is 1.73. The smallest absolute Gasteiger partial charge is 0.255 e. The van der Waals surface area contributed by atoms with Crippen LogP contribution in [0, 0.1) is 0 Å². The maximum atomic E-state index is 12.5. The molecule has 0 radical (unpaired) electrons. The van der Waals surface area contributed by atoms with Gasteiger partial charge in [0.2, 0.25) is 0 Å². The highest BCUT2D eigenvalue weighted by molar-refractivity contribution is 5.99. The average molecular weight is 327 g/mol. The van der Waals surface area contributed by atoms with E-state index in [1.807, 2.05) is 24.3 Å². The summed E-state index contributed by atoms with van der Waals surface area (Å²) in [7, 11) is 1.61. The van der Waals surface area contributed by atoms with E-state index in [4.69, 9.17) is 9.47 Å². The standard InChI is InChI=1S/C18H21N3O3/c1-23-16-9-3-2-8-15(16)21-17-14(7-4-10-19-17)18(22)20-12-13-6-5-11-24-13/h2-4,7-10,13H,5-6,11-12H2,1H3,(H,19,21)(H,20,22). The second-order valence-electron chi connectivity index (χ2n) is 5.57. The summed E-state index contributed by atoms with van der Waals surface area (Å²) >= 11 is 0. The normalized spacial score (nSPS) is 16.6. The van der Waals surface area contributed by atoms with Crippen LogP contribution in [0.2, 0.25) is 0 Å². The average Bonchev–Trinajstić information content (AvgIpc) is 3.14. The van der Waals surface area contributed by atoms with Crippen LogP contribution in [-0.2, 0) is 4.74 Å². The van der Waals surface area contributed by atoms with Crippen LogP contribution in [0.5, 0.6) is 5.75 Å². The van der Waals surface area contributed by atoms with E-state index in [0.29, 0.717) is 23.7 Å². The third-order valence-electron chi connectivity index (χ3n) is 3.93. The van der Waals surface area contributed by atoms with E-state index in [1.54, 1.807) is 25.4 Å². The largest absolute Gasteiger partial charge is 0.495 e. The topological polar surface area (TPSA) is 72.5 Å². The van der Waals surface area contributed by atoms with E-state index in [1.165, 1.54) is 0 Å². The minimum Gasteiger partial charge on any atom is -0.495 e. The summed E-state index contributed by atoms with van der Waals surface area (Å²) in [6, 6.07) is 11.0. The highest BCUT2D eigenvalue weighted by Gasteiger charge is 2.18. The summed E-state index contributed by atoms with van der Waals surface area (Å²) in [5, 5.41) is 6.09. The number of ether oxygens (including phenoxy) is 2. The van der Waals surface area contributed by atoms with E-state index < -0.39 is 0 Å². The molecule has 1 amide bonds. The molecule has 1 aromatic heterocycles. The van der Waals surface area contributed by atoms with Gasteiger partial charge in [-0.15, -0.1) is 0 Å². The van der Waals surface area contributed by atoms with Crippen LogP contribution in [-0.4, -0.2) is 37.3 Å². The molecule has 0 aliphatic carbocycles. The summed E-state index contributed by atoms with van der Waals surface area (Å²) in [5.74, 6) is 1.01. The summed E-state index contributed by atoms with van der Waals surface area (Å²) in [5.41, 5.74) is 1.24. The Morgan fingerprint density at radius 2 is 2.21 bits per heavy atom. The van der Waals surface area contributed by atoms with E-state index in [9.17, 15) is 4.79 Å². The summed E-state index contributed by atoms with van der Waals surface area (Å²) in [6.07, 6.45) is 3.79. The summed E-state index contributed by atoms with van der Waals surface area (Å²) in [4.78, 5) is 16.8. The Morgan fingerprint density at radius 3 is 3.00 bits per heavy atom. The number of anilines is 2. The van der Waals surface area contributed by atoms with Crippen molar-refractivity contribution >= 4 is 17.4 Å². The lowest BCUT2D eigenvalue weighted by Gasteiger charge is -2.14.